The molecule has 2 unspecified atom stereocenters. The van der Waals surface area contributed by atoms with Gasteiger partial charge in [0.1, 0.15) is 0 Å². The molecule has 0 aromatic heterocycles. The summed E-state index contributed by atoms with van der Waals surface area (Å²) in [6, 6.07) is 0.190. The lowest BCUT2D eigenvalue weighted by Crippen LogP contribution is -2.52. The van der Waals surface area contributed by atoms with E-state index in [0.717, 1.165) is 19.4 Å². The standard InChI is InChI=1S/C10H21NO/c1-5-11-8(2)10(4,12)9(3)6-7-9/h8,11-12H,5-7H2,1-4H3. The maximum absolute atomic E-state index is 10.3. The van der Waals surface area contributed by atoms with Gasteiger partial charge in [-0.25, -0.2) is 0 Å². The van der Waals surface area contributed by atoms with Gasteiger partial charge in [-0.1, -0.05) is 13.8 Å². The molecule has 0 aliphatic heterocycles. The van der Waals surface area contributed by atoms with Crippen molar-refractivity contribution in [2.75, 3.05) is 6.54 Å². The molecule has 0 heterocycles. The van der Waals surface area contributed by atoms with E-state index in [-0.39, 0.29) is 11.5 Å². The van der Waals surface area contributed by atoms with E-state index in [1.807, 2.05) is 6.92 Å². The molecule has 0 bridgehead atoms. The topological polar surface area (TPSA) is 32.3 Å². The first kappa shape index (κ1) is 10.0. The molecule has 0 amide bonds. The number of likely N-dealkylation sites (N-methyl/N-ethyl adjacent to an activating group) is 1. The van der Waals surface area contributed by atoms with Gasteiger partial charge in [0.2, 0.25) is 0 Å². The quantitative estimate of drug-likeness (QED) is 0.672. The minimum absolute atomic E-state index is 0.161. The first-order chi connectivity index (χ1) is 5.44. The second-order valence-corrected chi connectivity index (χ2v) is 4.49. The highest BCUT2D eigenvalue weighted by molar-refractivity contribution is 5.07. The molecule has 0 aromatic carbocycles. The molecule has 12 heavy (non-hydrogen) atoms. The van der Waals surface area contributed by atoms with Crippen LogP contribution in [0.2, 0.25) is 0 Å². The summed E-state index contributed by atoms with van der Waals surface area (Å²) < 4.78 is 0. The normalized spacial score (nSPS) is 27.8. The van der Waals surface area contributed by atoms with E-state index < -0.39 is 5.60 Å². The van der Waals surface area contributed by atoms with Crippen LogP contribution >= 0.6 is 0 Å². The Labute approximate surface area is 75.4 Å². The summed E-state index contributed by atoms with van der Waals surface area (Å²) in [5, 5.41) is 13.5. The Morgan fingerprint density at radius 1 is 1.58 bits per heavy atom. The highest BCUT2D eigenvalue weighted by Gasteiger charge is 2.54. The van der Waals surface area contributed by atoms with Crippen LogP contribution in [0.5, 0.6) is 0 Å². The van der Waals surface area contributed by atoms with E-state index in [1.165, 1.54) is 0 Å². The summed E-state index contributed by atoms with van der Waals surface area (Å²) in [6.07, 6.45) is 2.32. The molecule has 1 rings (SSSR count). The molecule has 2 atom stereocenters. The smallest absolute Gasteiger partial charge is 0.0822 e. The Morgan fingerprint density at radius 2 is 2.08 bits per heavy atom. The summed E-state index contributed by atoms with van der Waals surface area (Å²) in [4.78, 5) is 0. The predicted octanol–water partition coefficient (Wildman–Crippen LogP) is 1.54. The molecule has 0 radical (unpaired) electrons. The van der Waals surface area contributed by atoms with Gasteiger partial charge in [0.25, 0.3) is 0 Å². The minimum Gasteiger partial charge on any atom is -0.388 e. The van der Waals surface area contributed by atoms with Crippen LogP contribution in [0.4, 0.5) is 0 Å². The number of rotatable bonds is 4. The Balaban J connectivity index is 2.57. The monoisotopic (exact) mass is 171 g/mol. The summed E-state index contributed by atoms with van der Waals surface area (Å²) >= 11 is 0. The van der Waals surface area contributed by atoms with E-state index >= 15 is 0 Å². The van der Waals surface area contributed by atoms with Crippen LogP contribution in [0.15, 0.2) is 0 Å². The summed E-state index contributed by atoms with van der Waals surface area (Å²) in [5.41, 5.74) is -0.391. The molecule has 1 saturated carbocycles. The zero-order valence-electron chi connectivity index (χ0n) is 8.65. The maximum atomic E-state index is 10.3. The zero-order valence-corrected chi connectivity index (χ0v) is 8.65. The van der Waals surface area contributed by atoms with Gasteiger partial charge in [0, 0.05) is 6.04 Å². The molecule has 1 fully saturated rings. The average molecular weight is 171 g/mol. The fourth-order valence-electron chi connectivity index (χ4n) is 1.72. The van der Waals surface area contributed by atoms with Gasteiger partial charge in [0.15, 0.2) is 0 Å². The fourth-order valence-corrected chi connectivity index (χ4v) is 1.72. The molecule has 0 aromatic rings. The van der Waals surface area contributed by atoms with Crippen molar-refractivity contribution in [1.29, 1.82) is 0 Å². The van der Waals surface area contributed by atoms with Gasteiger partial charge in [-0.15, -0.1) is 0 Å². The van der Waals surface area contributed by atoms with Crippen molar-refractivity contribution in [3.05, 3.63) is 0 Å². The molecular formula is C10H21NO. The van der Waals surface area contributed by atoms with E-state index in [0.29, 0.717) is 0 Å². The van der Waals surface area contributed by atoms with Crippen LogP contribution in [0.25, 0.3) is 0 Å². The molecule has 0 saturated heterocycles. The summed E-state index contributed by atoms with van der Waals surface area (Å²) in [5.74, 6) is 0. The highest BCUT2D eigenvalue weighted by Crippen LogP contribution is 2.54. The number of aliphatic hydroxyl groups is 1. The van der Waals surface area contributed by atoms with Gasteiger partial charge < -0.3 is 10.4 Å². The van der Waals surface area contributed by atoms with Crippen molar-refractivity contribution in [1.82, 2.24) is 5.32 Å². The molecule has 2 heteroatoms. The summed E-state index contributed by atoms with van der Waals surface area (Å²) in [6.45, 7) is 9.18. The van der Waals surface area contributed by atoms with Crippen molar-refractivity contribution in [3.8, 4) is 0 Å². The van der Waals surface area contributed by atoms with Crippen molar-refractivity contribution in [2.24, 2.45) is 5.41 Å². The highest BCUT2D eigenvalue weighted by atomic mass is 16.3. The van der Waals surface area contributed by atoms with Gasteiger partial charge in [-0.2, -0.15) is 0 Å². The van der Waals surface area contributed by atoms with Gasteiger partial charge in [-0.05, 0) is 38.6 Å². The Kier molecular flexibility index (Phi) is 2.50. The van der Waals surface area contributed by atoms with Crippen LogP contribution in [-0.4, -0.2) is 23.3 Å². The molecule has 1 aliphatic carbocycles. The Morgan fingerprint density at radius 3 is 2.42 bits per heavy atom. The first-order valence-corrected chi connectivity index (χ1v) is 4.90. The van der Waals surface area contributed by atoms with Crippen molar-refractivity contribution in [2.45, 2.75) is 52.2 Å². The van der Waals surface area contributed by atoms with Crippen LogP contribution in [0.3, 0.4) is 0 Å². The first-order valence-electron chi connectivity index (χ1n) is 4.90. The average Bonchev–Trinajstić information content (AvgIpc) is 2.70. The molecule has 2 N–H and O–H groups in total. The van der Waals surface area contributed by atoms with Gasteiger partial charge in [-0.3, -0.25) is 0 Å². The Bertz CT molecular complexity index is 161. The lowest BCUT2D eigenvalue weighted by Gasteiger charge is -2.36. The third kappa shape index (κ3) is 1.50. The van der Waals surface area contributed by atoms with E-state index in [4.69, 9.17) is 0 Å². The molecule has 0 spiro atoms. The van der Waals surface area contributed by atoms with Crippen LogP contribution in [-0.2, 0) is 0 Å². The Hall–Kier alpha value is -0.0800. The van der Waals surface area contributed by atoms with Crippen LogP contribution in [0.1, 0.15) is 40.5 Å². The maximum Gasteiger partial charge on any atom is 0.0822 e. The zero-order chi connectivity index (χ0) is 9.41. The lowest BCUT2D eigenvalue weighted by atomic mass is 9.82. The van der Waals surface area contributed by atoms with Gasteiger partial charge >= 0.3 is 0 Å². The second-order valence-electron chi connectivity index (χ2n) is 4.49. The van der Waals surface area contributed by atoms with Crippen molar-refractivity contribution >= 4 is 0 Å². The van der Waals surface area contributed by atoms with E-state index in [9.17, 15) is 5.11 Å². The number of nitrogens with one attached hydrogen (secondary N) is 1. The van der Waals surface area contributed by atoms with Gasteiger partial charge in [0.05, 0.1) is 5.60 Å². The largest absolute Gasteiger partial charge is 0.388 e. The third-order valence-corrected chi connectivity index (χ3v) is 3.58. The van der Waals surface area contributed by atoms with Crippen LogP contribution < -0.4 is 5.32 Å². The molecule has 1 aliphatic rings. The van der Waals surface area contributed by atoms with Crippen molar-refractivity contribution < 1.29 is 5.11 Å². The minimum atomic E-state index is -0.553. The number of hydrogen-bond acceptors (Lipinski definition) is 2. The predicted molar refractivity (Wildman–Crippen MR) is 51.1 cm³/mol. The van der Waals surface area contributed by atoms with Crippen molar-refractivity contribution in [3.63, 3.8) is 0 Å². The van der Waals surface area contributed by atoms with E-state index in [2.05, 4.69) is 26.1 Å². The fraction of sp³-hybridized carbons (Fsp3) is 1.00. The van der Waals surface area contributed by atoms with E-state index in [1.54, 1.807) is 0 Å². The lowest BCUT2D eigenvalue weighted by molar-refractivity contribution is -0.0358. The molecule has 72 valence electrons. The summed E-state index contributed by atoms with van der Waals surface area (Å²) in [7, 11) is 0. The molecular weight excluding hydrogens is 150 g/mol. The van der Waals surface area contributed by atoms with Crippen LogP contribution in [0, 0.1) is 5.41 Å². The molecule has 2 nitrogen and oxygen atoms in total. The second kappa shape index (κ2) is 3.00. The SMILES string of the molecule is CCNC(C)C(C)(O)C1(C)CC1. The third-order valence-electron chi connectivity index (χ3n) is 3.58. The number of hydrogen-bond donors (Lipinski definition) is 2.